The molecule has 72 heavy (non-hydrogen) atoms. The van der Waals surface area contributed by atoms with E-state index in [0.717, 1.165) is 16.7 Å². The van der Waals surface area contributed by atoms with Gasteiger partial charge in [0.05, 0.1) is 41.2 Å². The molecule has 1 heterocycles. The number of imide groups is 1. The van der Waals surface area contributed by atoms with Crippen LogP contribution in [-0.4, -0.2) is 92.1 Å². The summed E-state index contributed by atoms with van der Waals surface area (Å²) in [5.74, 6) is -8.06. The Kier molecular flexibility index (Phi) is 18.3. The van der Waals surface area contributed by atoms with Crippen molar-refractivity contribution in [3.05, 3.63) is 125 Å². The van der Waals surface area contributed by atoms with E-state index in [1.807, 2.05) is 67.6 Å². The van der Waals surface area contributed by atoms with Crippen LogP contribution in [0.25, 0.3) is 0 Å². The van der Waals surface area contributed by atoms with E-state index in [1.165, 1.54) is 0 Å². The molecule has 1 aliphatic heterocycles. The van der Waals surface area contributed by atoms with E-state index in [-0.39, 0.29) is 55.1 Å². The van der Waals surface area contributed by atoms with Gasteiger partial charge < -0.3 is 37.0 Å². The fourth-order valence-electron chi connectivity index (χ4n) is 9.49. The minimum absolute atomic E-state index is 0.0186. The van der Waals surface area contributed by atoms with Gasteiger partial charge in [-0.3, -0.25) is 33.8 Å². The number of aryl methyl sites for hydroxylation is 3. The van der Waals surface area contributed by atoms with E-state index in [0.29, 0.717) is 29.0 Å². The highest BCUT2D eigenvalue weighted by atomic mass is 32.2. The normalized spacial score (nSPS) is 19.9. The lowest BCUT2D eigenvalue weighted by Gasteiger charge is -2.24. The number of hydrogen-bond donors (Lipinski definition) is 6. The van der Waals surface area contributed by atoms with Crippen molar-refractivity contribution in [2.45, 2.75) is 96.4 Å². The fraction of sp³-hybridized carbons (Fsp3) is 0.423. The number of rotatable bonds is 23. The molecule has 0 unspecified atom stereocenters. The van der Waals surface area contributed by atoms with Gasteiger partial charge in [0.2, 0.25) is 23.7 Å². The first kappa shape index (κ1) is 54.1. The minimum atomic E-state index is -4.11. The van der Waals surface area contributed by atoms with Crippen LogP contribution in [0.15, 0.2) is 107 Å². The Balaban J connectivity index is 1.13. The molecule has 0 radical (unpaired) electrons. The SMILES string of the molecule is Cc1cc(C)c(S(=O)(=O)NC(N)=NCCC[C@H](NC(=O)[C@H](/C=C/[C@@H](Cc2ccccc2)NC(=O)[C@@H](N)CC(=O)OCc2ccccc2)C(C)C)C(=O)NCC(=O)ON2C(=O)[C@@H]3[C@H](C2=O)[C@H]2C=C[C@@H]3C2)c(C)c1. The van der Waals surface area contributed by atoms with Gasteiger partial charge in [0.15, 0.2) is 0 Å². The van der Waals surface area contributed by atoms with Crippen LogP contribution >= 0.6 is 0 Å². The van der Waals surface area contributed by atoms with Gasteiger partial charge in [0.1, 0.15) is 19.2 Å². The number of aliphatic imine (C=N–C) groups is 1. The maximum atomic E-state index is 14.2. The number of allylic oxidation sites excluding steroid dienone is 2. The van der Waals surface area contributed by atoms with Crippen molar-refractivity contribution in [2.75, 3.05) is 13.1 Å². The highest BCUT2D eigenvalue weighted by Gasteiger charge is 2.61. The second-order valence-electron chi connectivity index (χ2n) is 18.9. The number of guanidine groups is 1. The number of carbonyl (C=O) groups is 7. The van der Waals surface area contributed by atoms with Crippen molar-refractivity contribution in [1.82, 2.24) is 25.7 Å². The van der Waals surface area contributed by atoms with Crippen LogP contribution in [0.4, 0.5) is 0 Å². The molecule has 1 saturated heterocycles. The Morgan fingerprint density at radius 3 is 2.01 bits per heavy atom. The van der Waals surface area contributed by atoms with Crippen molar-refractivity contribution in [1.29, 1.82) is 0 Å². The topological polar surface area (TPSA) is 288 Å². The van der Waals surface area contributed by atoms with Crippen LogP contribution in [-0.2, 0) is 66.2 Å². The van der Waals surface area contributed by atoms with E-state index in [1.54, 1.807) is 64.1 Å². The van der Waals surface area contributed by atoms with E-state index in [4.69, 9.17) is 21.0 Å². The summed E-state index contributed by atoms with van der Waals surface area (Å²) in [7, 11) is -4.11. The van der Waals surface area contributed by atoms with Crippen LogP contribution in [0.3, 0.4) is 0 Å². The smallest absolute Gasteiger partial charge is 0.352 e. The molecule has 19 nitrogen and oxygen atoms in total. The maximum absolute atomic E-state index is 14.2. The molecule has 6 rings (SSSR count). The molecule has 3 aliphatic rings. The molecule has 8 N–H and O–H groups in total. The zero-order valence-electron chi connectivity index (χ0n) is 41.0. The predicted molar refractivity (Wildman–Crippen MR) is 266 cm³/mol. The number of hydrogen-bond acceptors (Lipinski definition) is 13. The van der Waals surface area contributed by atoms with Crippen molar-refractivity contribution in [2.24, 2.45) is 52.0 Å². The minimum Gasteiger partial charge on any atom is -0.461 e. The first-order chi connectivity index (χ1) is 34.2. The lowest BCUT2D eigenvalue weighted by molar-refractivity contribution is -0.198. The zero-order chi connectivity index (χ0) is 52.3. The van der Waals surface area contributed by atoms with Gasteiger partial charge in [-0.25, -0.2) is 17.9 Å². The second kappa shape index (κ2) is 24.3. The lowest BCUT2D eigenvalue weighted by atomic mass is 9.85. The highest BCUT2D eigenvalue weighted by molar-refractivity contribution is 7.90. The van der Waals surface area contributed by atoms with Crippen LogP contribution in [0.2, 0.25) is 0 Å². The number of sulfonamides is 1. The summed E-state index contributed by atoms with van der Waals surface area (Å²) in [5, 5.41) is 8.56. The third-order valence-electron chi connectivity index (χ3n) is 12.9. The fourth-order valence-corrected chi connectivity index (χ4v) is 10.9. The summed E-state index contributed by atoms with van der Waals surface area (Å²) >= 11 is 0. The number of ether oxygens (including phenoxy) is 1. The van der Waals surface area contributed by atoms with Gasteiger partial charge in [0.25, 0.3) is 21.8 Å². The maximum Gasteiger partial charge on any atom is 0.352 e. The van der Waals surface area contributed by atoms with Crippen molar-refractivity contribution in [3.8, 4) is 0 Å². The number of hydroxylamine groups is 2. The van der Waals surface area contributed by atoms with Gasteiger partial charge in [-0.15, -0.1) is 5.06 Å². The number of fused-ring (bicyclic) bond motifs is 5. The number of esters is 1. The van der Waals surface area contributed by atoms with Crippen LogP contribution in [0.1, 0.15) is 67.3 Å². The molecule has 1 saturated carbocycles. The first-order valence-corrected chi connectivity index (χ1v) is 25.4. The van der Waals surface area contributed by atoms with Crippen LogP contribution < -0.4 is 32.1 Å². The first-order valence-electron chi connectivity index (χ1n) is 24.0. The standard InChI is InChI=1S/C52H64N8O11S/c1-30(2)39(21-20-38(25-34-13-8-6-9-14-34)57-48(64)40(53)27-42(61)70-29-35-15-10-7-11-16-35)47(63)58-41(17-12-22-55-52(54)59-72(68,69)46-32(4)23-31(3)24-33(46)5)49(65)56-28-43(62)71-60-50(66)44-36-18-19-37(26-36)45(44)51(60)67/h6-11,13-16,18-21,23-24,30,36-41,44-45H,12,17,22,25-29,53H2,1-5H3,(H,56,65)(H,57,64)(H,58,63)(H3,54,55,59)/b21-20+/t36-,37+,38-,39+,40-,41-,44+,45-/m0/s1. The Morgan fingerprint density at radius 1 is 0.819 bits per heavy atom. The number of nitrogens with two attached hydrogens (primary N) is 2. The van der Waals surface area contributed by atoms with Gasteiger partial charge >= 0.3 is 11.9 Å². The third-order valence-corrected chi connectivity index (χ3v) is 14.5. The van der Waals surface area contributed by atoms with Crippen molar-refractivity contribution in [3.63, 3.8) is 0 Å². The Bertz CT molecular complexity index is 2660. The van der Waals surface area contributed by atoms with Gasteiger partial charge in [-0.05, 0) is 86.5 Å². The summed E-state index contributed by atoms with van der Waals surface area (Å²) in [6, 6.07) is 18.5. The van der Waals surface area contributed by atoms with E-state index in [2.05, 4.69) is 25.7 Å². The third kappa shape index (κ3) is 14.0. The Hall–Kier alpha value is -7.19. The number of carbonyl (C=O) groups excluding carboxylic acids is 7. The van der Waals surface area contributed by atoms with Crippen molar-refractivity contribution < 1.29 is 51.6 Å². The molecule has 5 amide bonds. The molecule has 3 aromatic carbocycles. The predicted octanol–water partition coefficient (Wildman–Crippen LogP) is 2.87. The monoisotopic (exact) mass is 1010 g/mol. The van der Waals surface area contributed by atoms with E-state index in [9.17, 15) is 42.0 Å². The van der Waals surface area contributed by atoms with Gasteiger partial charge in [-0.2, -0.15) is 0 Å². The number of nitrogens with one attached hydrogen (secondary N) is 4. The Morgan fingerprint density at radius 2 is 1.42 bits per heavy atom. The summed E-state index contributed by atoms with van der Waals surface area (Å²) in [6.07, 6.45) is 7.67. The average molecular weight is 1010 g/mol. The van der Waals surface area contributed by atoms with Crippen molar-refractivity contribution >= 4 is 57.5 Å². The highest BCUT2D eigenvalue weighted by Crippen LogP contribution is 2.52. The number of benzene rings is 3. The summed E-state index contributed by atoms with van der Waals surface area (Å²) in [6.45, 7) is 7.95. The zero-order valence-corrected chi connectivity index (χ0v) is 41.9. The molecular formula is C52H64N8O11S. The molecule has 0 spiro atoms. The summed E-state index contributed by atoms with van der Waals surface area (Å²) < 4.78 is 34.2. The summed E-state index contributed by atoms with van der Waals surface area (Å²) in [4.78, 5) is 103. The van der Waals surface area contributed by atoms with E-state index >= 15 is 0 Å². The second-order valence-corrected chi connectivity index (χ2v) is 20.5. The Labute approximate surface area is 419 Å². The molecular weight excluding hydrogens is 945 g/mol. The molecule has 2 aliphatic carbocycles. The molecule has 8 atom stereocenters. The molecule has 0 aromatic heterocycles. The quantitative estimate of drug-likeness (QED) is 0.0199. The molecule has 2 fully saturated rings. The molecule has 20 heteroatoms. The van der Waals surface area contributed by atoms with Crippen LogP contribution in [0, 0.1) is 56.3 Å². The van der Waals surface area contributed by atoms with Crippen LogP contribution in [0.5, 0.6) is 0 Å². The van der Waals surface area contributed by atoms with Gasteiger partial charge in [0, 0.05) is 6.54 Å². The number of nitrogens with zero attached hydrogens (tertiary/aromatic N) is 2. The van der Waals surface area contributed by atoms with E-state index < -0.39 is 99.9 Å². The largest absolute Gasteiger partial charge is 0.461 e. The number of amides is 5. The van der Waals surface area contributed by atoms with Gasteiger partial charge in [-0.1, -0.05) is 117 Å². The summed E-state index contributed by atoms with van der Waals surface area (Å²) in [5.41, 5.74) is 15.8. The average Bonchev–Trinajstić information content (AvgIpc) is 4.01. The molecule has 3 aromatic rings. The molecule has 2 bridgehead atoms. The lowest BCUT2D eigenvalue weighted by Crippen LogP contribution is -2.50. The molecule has 384 valence electrons.